The van der Waals surface area contributed by atoms with Crippen molar-refractivity contribution in [1.82, 2.24) is 0 Å². The molecule has 5 nitrogen and oxygen atoms in total. The maximum Gasteiger partial charge on any atom is 0.360 e. The smallest absolute Gasteiger partial charge is 0.360 e. The van der Waals surface area contributed by atoms with Crippen LogP contribution >= 0.6 is 0 Å². The van der Waals surface area contributed by atoms with Crippen molar-refractivity contribution in [3.63, 3.8) is 0 Å². The molecule has 1 N–H and O–H groups in total. The van der Waals surface area contributed by atoms with E-state index in [0.29, 0.717) is 5.69 Å². The van der Waals surface area contributed by atoms with Crippen LogP contribution in [-0.4, -0.2) is 31.0 Å². The third-order valence-electron chi connectivity index (χ3n) is 3.46. The van der Waals surface area contributed by atoms with Gasteiger partial charge in [0.15, 0.2) is 0 Å². The van der Waals surface area contributed by atoms with Crippen LogP contribution in [0.2, 0.25) is 0 Å². The van der Waals surface area contributed by atoms with Crippen LogP contribution in [0, 0.1) is 0 Å². The van der Waals surface area contributed by atoms with E-state index in [1.807, 2.05) is 48.5 Å². The van der Waals surface area contributed by atoms with E-state index in [1.54, 1.807) is 12.1 Å². The molecule has 0 aliphatic carbocycles. The summed E-state index contributed by atoms with van der Waals surface area (Å²) in [4.78, 5) is 17.3. The summed E-state index contributed by atoms with van der Waals surface area (Å²) >= 11 is 0. The molecule has 5 heteroatoms. The zero-order chi connectivity index (χ0) is 16.0. The Bertz CT molecular complexity index is 603. The maximum atomic E-state index is 12.0. The van der Waals surface area contributed by atoms with Gasteiger partial charge in [0.05, 0.1) is 12.8 Å². The van der Waals surface area contributed by atoms with Crippen molar-refractivity contribution < 1.29 is 19.5 Å². The Balaban J connectivity index is 2.45. The number of ether oxygens (including phenoxy) is 1. The quantitative estimate of drug-likeness (QED) is 0.629. The van der Waals surface area contributed by atoms with Crippen molar-refractivity contribution in [3.8, 4) is 0 Å². The summed E-state index contributed by atoms with van der Waals surface area (Å²) in [6, 6.07) is 18.3. The number of rotatable bonds is 7. The summed E-state index contributed by atoms with van der Waals surface area (Å²) in [5.74, 6) is -1.12. The van der Waals surface area contributed by atoms with Gasteiger partial charge in [0.25, 0.3) is 5.72 Å². The predicted molar refractivity (Wildman–Crippen MR) is 83.5 cm³/mol. The number of methoxy groups -OCH3 is 1. The normalized spacial score (nSPS) is 13.4. The van der Waals surface area contributed by atoms with Gasteiger partial charge in [-0.05, 0) is 17.7 Å². The Morgan fingerprint density at radius 1 is 1.05 bits per heavy atom. The van der Waals surface area contributed by atoms with E-state index >= 15 is 0 Å². The number of carbonyl (C=O) groups is 1. The molecule has 0 saturated carbocycles. The van der Waals surface area contributed by atoms with Gasteiger partial charge in [0.2, 0.25) is 0 Å². The van der Waals surface area contributed by atoms with Gasteiger partial charge in [-0.1, -0.05) is 48.5 Å². The van der Waals surface area contributed by atoms with Crippen LogP contribution in [0.5, 0.6) is 0 Å². The third kappa shape index (κ3) is 3.10. The van der Waals surface area contributed by atoms with Gasteiger partial charge in [0, 0.05) is 13.5 Å². The zero-order valence-electron chi connectivity index (χ0n) is 12.6. The lowest BCUT2D eigenvalue weighted by Gasteiger charge is -2.38. The number of hydroxylamine groups is 1. The molecule has 22 heavy (non-hydrogen) atoms. The Labute approximate surface area is 129 Å². The van der Waals surface area contributed by atoms with Crippen molar-refractivity contribution in [3.05, 3.63) is 66.2 Å². The van der Waals surface area contributed by atoms with Crippen molar-refractivity contribution >= 4 is 11.7 Å². The highest BCUT2D eigenvalue weighted by Crippen LogP contribution is 2.29. The molecule has 0 aromatic heterocycles. The van der Waals surface area contributed by atoms with E-state index in [1.165, 1.54) is 19.3 Å². The number of hydrogen-bond donors (Lipinski definition) is 1. The van der Waals surface area contributed by atoms with Crippen LogP contribution in [0.3, 0.4) is 0 Å². The fraction of sp³-hybridized carbons (Fsp3) is 0.235. The first-order valence-corrected chi connectivity index (χ1v) is 6.86. The molecule has 1 atom stereocenters. The summed E-state index contributed by atoms with van der Waals surface area (Å²) in [6.07, 6.45) is 0.141. The molecule has 0 amide bonds. The monoisotopic (exact) mass is 301 g/mol. The summed E-state index contributed by atoms with van der Waals surface area (Å²) in [6.45, 7) is 0. The first-order chi connectivity index (χ1) is 10.6. The molecular weight excluding hydrogens is 282 g/mol. The largest absolute Gasteiger partial charge is 0.478 e. The molecule has 0 unspecified atom stereocenters. The minimum atomic E-state index is -1.66. The third-order valence-corrected chi connectivity index (χ3v) is 3.46. The van der Waals surface area contributed by atoms with Crippen molar-refractivity contribution in [1.29, 1.82) is 0 Å². The molecule has 0 heterocycles. The van der Waals surface area contributed by atoms with Crippen LogP contribution in [-0.2, 0) is 20.8 Å². The summed E-state index contributed by atoms with van der Waals surface area (Å²) in [7, 11) is 2.79. The van der Waals surface area contributed by atoms with Gasteiger partial charge in [-0.15, -0.1) is 0 Å². The highest BCUT2D eigenvalue weighted by Gasteiger charge is 2.46. The van der Waals surface area contributed by atoms with E-state index in [2.05, 4.69) is 0 Å². The molecule has 0 radical (unpaired) electrons. The topological polar surface area (TPSA) is 59.0 Å². The molecule has 0 fully saturated rings. The van der Waals surface area contributed by atoms with Gasteiger partial charge in [0.1, 0.15) is 0 Å². The molecule has 0 saturated heterocycles. The number of aliphatic carboxylic acids is 1. The average molecular weight is 301 g/mol. The summed E-state index contributed by atoms with van der Waals surface area (Å²) in [5.41, 5.74) is -0.216. The Morgan fingerprint density at radius 3 is 2.05 bits per heavy atom. The minimum Gasteiger partial charge on any atom is -0.478 e. The van der Waals surface area contributed by atoms with Crippen LogP contribution in [0.1, 0.15) is 5.56 Å². The highest BCUT2D eigenvalue weighted by molar-refractivity contribution is 5.81. The number of benzene rings is 2. The van der Waals surface area contributed by atoms with Gasteiger partial charge < -0.3 is 9.84 Å². The molecule has 0 bridgehead atoms. The molecule has 0 aliphatic rings. The maximum absolute atomic E-state index is 12.0. The van der Waals surface area contributed by atoms with E-state index < -0.39 is 11.7 Å². The molecule has 2 aromatic rings. The van der Waals surface area contributed by atoms with E-state index in [-0.39, 0.29) is 6.42 Å². The lowest BCUT2D eigenvalue weighted by Crippen LogP contribution is -2.57. The Kier molecular flexibility index (Phi) is 5.14. The standard InChI is InChI=1S/C17H19NO4/c1-21-17(16(19)20,13-14-9-5-3-6-10-14)18(22-2)15-11-7-4-8-12-15/h3-12H,13H2,1-2H3,(H,19,20)/t17-/m1/s1. The highest BCUT2D eigenvalue weighted by atomic mass is 16.7. The second-order valence-corrected chi connectivity index (χ2v) is 4.77. The first kappa shape index (κ1) is 16.0. The van der Waals surface area contributed by atoms with Crippen LogP contribution in [0.15, 0.2) is 60.7 Å². The fourth-order valence-electron chi connectivity index (χ4n) is 2.37. The van der Waals surface area contributed by atoms with Crippen LogP contribution in [0.4, 0.5) is 5.69 Å². The lowest BCUT2D eigenvalue weighted by atomic mass is 10.0. The second-order valence-electron chi connectivity index (χ2n) is 4.77. The number of nitrogens with zero attached hydrogens (tertiary/aromatic N) is 1. The van der Waals surface area contributed by atoms with Crippen molar-refractivity contribution in [2.45, 2.75) is 12.1 Å². The van der Waals surface area contributed by atoms with Gasteiger partial charge in [-0.2, -0.15) is 0 Å². The van der Waals surface area contributed by atoms with E-state index in [0.717, 1.165) is 5.56 Å². The molecule has 116 valence electrons. The number of anilines is 1. The molecule has 2 aromatic carbocycles. The lowest BCUT2D eigenvalue weighted by molar-refractivity contribution is -0.172. The van der Waals surface area contributed by atoms with Crippen LogP contribution < -0.4 is 5.06 Å². The average Bonchev–Trinajstić information content (AvgIpc) is 2.56. The van der Waals surface area contributed by atoms with Crippen molar-refractivity contribution in [2.24, 2.45) is 0 Å². The first-order valence-electron chi connectivity index (χ1n) is 6.86. The van der Waals surface area contributed by atoms with Gasteiger partial charge in [-0.3, -0.25) is 4.84 Å². The molecule has 0 spiro atoms. The number of carboxylic acid groups (broad SMARTS) is 1. The molecule has 2 rings (SSSR count). The van der Waals surface area contributed by atoms with Crippen LogP contribution in [0.25, 0.3) is 0 Å². The number of carboxylic acids is 1. The second kappa shape index (κ2) is 7.06. The Hall–Kier alpha value is -2.37. The predicted octanol–water partition coefficient (Wildman–Crippen LogP) is 2.72. The fourth-order valence-corrected chi connectivity index (χ4v) is 2.37. The van der Waals surface area contributed by atoms with Crippen molar-refractivity contribution in [2.75, 3.05) is 19.3 Å². The van der Waals surface area contributed by atoms with E-state index in [9.17, 15) is 9.90 Å². The summed E-state index contributed by atoms with van der Waals surface area (Å²) in [5, 5.41) is 11.1. The molecular formula is C17H19NO4. The Morgan fingerprint density at radius 2 is 1.59 bits per heavy atom. The van der Waals surface area contributed by atoms with Gasteiger partial charge >= 0.3 is 5.97 Å². The number of para-hydroxylation sites is 1. The van der Waals surface area contributed by atoms with Gasteiger partial charge in [-0.25, -0.2) is 9.86 Å². The SMILES string of the molecule is CON(c1ccccc1)[C@](Cc1ccccc1)(OC)C(=O)O. The number of hydrogen-bond acceptors (Lipinski definition) is 4. The van der Waals surface area contributed by atoms with E-state index in [4.69, 9.17) is 9.57 Å². The zero-order valence-corrected chi connectivity index (χ0v) is 12.6. The minimum absolute atomic E-state index is 0.141. The molecule has 0 aliphatic heterocycles. The summed E-state index contributed by atoms with van der Waals surface area (Å²) < 4.78 is 5.41.